The lowest BCUT2D eigenvalue weighted by molar-refractivity contribution is 0.0477. The molecule has 6 heteroatoms. The largest absolute Gasteiger partial charge is 0.391 e. The van der Waals surface area contributed by atoms with E-state index in [1.807, 2.05) is 37.5 Å². The molecule has 1 aliphatic rings. The third-order valence-electron chi connectivity index (χ3n) is 5.42. The molecule has 2 heterocycles. The number of rotatable bonds is 5. The van der Waals surface area contributed by atoms with Crippen LogP contribution in [0.1, 0.15) is 40.0 Å². The summed E-state index contributed by atoms with van der Waals surface area (Å²) in [5, 5.41) is 19.2. The first kappa shape index (κ1) is 21.0. The molecule has 0 radical (unpaired) electrons. The summed E-state index contributed by atoms with van der Waals surface area (Å²) in [4.78, 5) is 2.51. The van der Waals surface area contributed by atoms with Gasteiger partial charge in [0.1, 0.15) is 0 Å². The van der Waals surface area contributed by atoms with Crippen LogP contribution in [0, 0.1) is 10.8 Å². The SMILES string of the molecule is CC(C)(C)C(O)Cn1c(=N)n(CCN2CCCCC2)c2ccccc21.Cl. The fourth-order valence-electron chi connectivity index (χ4n) is 3.58. The predicted molar refractivity (Wildman–Crippen MR) is 109 cm³/mol. The Hall–Kier alpha value is -1.30. The number of para-hydroxylation sites is 2. The maximum atomic E-state index is 10.5. The molecule has 0 bridgehead atoms. The maximum absolute atomic E-state index is 10.5. The van der Waals surface area contributed by atoms with E-state index in [4.69, 9.17) is 5.41 Å². The molecule has 3 rings (SSSR count). The molecule has 1 aromatic carbocycles. The first-order valence-electron chi connectivity index (χ1n) is 9.51. The highest BCUT2D eigenvalue weighted by molar-refractivity contribution is 5.85. The highest BCUT2D eigenvalue weighted by Crippen LogP contribution is 2.22. The number of nitrogens with zero attached hydrogens (tertiary/aromatic N) is 3. The van der Waals surface area contributed by atoms with E-state index >= 15 is 0 Å². The van der Waals surface area contributed by atoms with Crippen molar-refractivity contribution in [2.45, 2.75) is 59.2 Å². The van der Waals surface area contributed by atoms with Crippen LogP contribution in [0.15, 0.2) is 24.3 Å². The fraction of sp³-hybridized carbons (Fsp3) is 0.650. The van der Waals surface area contributed by atoms with Gasteiger partial charge >= 0.3 is 0 Å². The summed E-state index contributed by atoms with van der Waals surface area (Å²) < 4.78 is 4.06. The minimum absolute atomic E-state index is 0. The minimum Gasteiger partial charge on any atom is -0.391 e. The summed E-state index contributed by atoms with van der Waals surface area (Å²) in [5.41, 5.74) is 2.41. The van der Waals surface area contributed by atoms with Crippen molar-refractivity contribution < 1.29 is 5.11 Å². The number of aromatic nitrogens is 2. The van der Waals surface area contributed by atoms with Crippen molar-refractivity contribution in [3.05, 3.63) is 29.9 Å². The molecule has 1 aliphatic heterocycles. The Morgan fingerprint density at radius 1 is 1.00 bits per heavy atom. The number of nitrogens with one attached hydrogen (secondary N) is 1. The van der Waals surface area contributed by atoms with Crippen LogP contribution in [-0.4, -0.2) is 44.9 Å². The Balaban J connectivity index is 0.00000243. The van der Waals surface area contributed by atoms with E-state index in [1.54, 1.807) is 0 Å². The van der Waals surface area contributed by atoms with Crippen LogP contribution in [0.2, 0.25) is 0 Å². The van der Waals surface area contributed by atoms with Crippen LogP contribution < -0.4 is 5.62 Å². The summed E-state index contributed by atoms with van der Waals surface area (Å²) in [5.74, 6) is 0. The van der Waals surface area contributed by atoms with Crippen LogP contribution in [0.4, 0.5) is 0 Å². The first-order valence-corrected chi connectivity index (χ1v) is 9.51. The fourth-order valence-corrected chi connectivity index (χ4v) is 3.58. The summed E-state index contributed by atoms with van der Waals surface area (Å²) >= 11 is 0. The van der Waals surface area contributed by atoms with Gasteiger partial charge < -0.3 is 19.1 Å². The maximum Gasteiger partial charge on any atom is 0.203 e. The Labute approximate surface area is 162 Å². The molecule has 2 N–H and O–H groups in total. The molecule has 1 aromatic heterocycles. The molecule has 0 aliphatic carbocycles. The number of hydrogen-bond acceptors (Lipinski definition) is 3. The van der Waals surface area contributed by atoms with Crippen molar-refractivity contribution in [3.63, 3.8) is 0 Å². The van der Waals surface area contributed by atoms with E-state index in [1.165, 1.54) is 32.4 Å². The molecule has 1 unspecified atom stereocenters. The number of hydrogen-bond donors (Lipinski definition) is 2. The highest BCUT2D eigenvalue weighted by Gasteiger charge is 2.24. The Kier molecular flexibility index (Phi) is 6.94. The van der Waals surface area contributed by atoms with Gasteiger partial charge in [-0.15, -0.1) is 12.4 Å². The number of aliphatic hydroxyl groups excluding tert-OH is 1. The number of imidazole rings is 1. The third kappa shape index (κ3) is 4.51. The Morgan fingerprint density at radius 3 is 2.15 bits per heavy atom. The molecule has 0 spiro atoms. The number of benzene rings is 1. The molecule has 1 atom stereocenters. The van der Waals surface area contributed by atoms with E-state index in [0.717, 1.165) is 24.1 Å². The van der Waals surface area contributed by atoms with E-state index in [9.17, 15) is 5.11 Å². The zero-order valence-electron chi connectivity index (χ0n) is 16.2. The lowest BCUT2D eigenvalue weighted by Crippen LogP contribution is -2.37. The average Bonchev–Trinajstić information content (AvgIpc) is 2.85. The molecule has 146 valence electrons. The normalized spacial score (nSPS) is 17.2. The first-order chi connectivity index (χ1) is 11.9. The topological polar surface area (TPSA) is 57.2 Å². The second kappa shape index (κ2) is 8.59. The molecular weight excluding hydrogens is 348 g/mol. The second-order valence-corrected chi connectivity index (χ2v) is 8.36. The van der Waals surface area contributed by atoms with Gasteiger partial charge in [0.15, 0.2) is 0 Å². The minimum atomic E-state index is -0.483. The van der Waals surface area contributed by atoms with E-state index in [0.29, 0.717) is 12.2 Å². The highest BCUT2D eigenvalue weighted by atomic mass is 35.5. The predicted octanol–water partition coefficient (Wildman–Crippen LogP) is 3.24. The van der Waals surface area contributed by atoms with Crippen molar-refractivity contribution >= 4 is 23.4 Å². The summed E-state index contributed by atoms with van der Waals surface area (Å²) in [6.07, 6.45) is 3.44. The van der Waals surface area contributed by atoms with Crippen molar-refractivity contribution in [1.29, 1.82) is 5.41 Å². The number of fused-ring (bicyclic) bond motifs is 1. The van der Waals surface area contributed by atoms with Crippen molar-refractivity contribution in [2.24, 2.45) is 5.41 Å². The Morgan fingerprint density at radius 2 is 1.58 bits per heavy atom. The van der Waals surface area contributed by atoms with Gasteiger partial charge in [-0.2, -0.15) is 0 Å². The van der Waals surface area contributed by atoms with E-state index < -0.39 is 6.10 Å². The van der Waals surface area contributed by atoms with Crippen LogP contribution >= 0.6 is 12.4 Å². The zero-order valence-corrected chi connectivity index (χ0v) is 17.1. The number of halogens is 1. The van der Waals surface area contributed by atoms with Gasteiger partial charge in [-0.3, -0.25) is 5.41 Å². The standard InChI is InChI=1S/C20H32N4O.ClH/c1-20(2,3)18(25)15-24-17-10-6-5-9-16(17)23(19(24)21)14-13-22-11-7-4-8-12-22;/h5-6,9-10,18,21,25H,4,7-8,11-15H2,1-3H3;1H. The van der Waals surface area contributed by atoms with Gasteiger partial charge in [-0.1, -0.05) is 39.3 Å². The van der Waals surface area contributed by atoms with Crippen LogP contribution in [-0.2, 0) is 13.1 Å². The van der Waals surface area contributed by atoms with E-state index in [-0.39, 0.29) is 17.8 Å². The van der Waals surface area contributed by atoms with Crippen molar-refractivity contribution in [2.75, 3.05) is 19.6 Å². The van der Waals surface area contributed by atoms with Gasteiger partial charge in [-0.05, 0) is 43.5 Å². The smallest absolute Gasteiger partial charge is 0.203 e. The second-order valence-electron chi connectivity index (χ2n) is 8.36. The van der Waals surface area contributed by atoms with Gasteiger partial charge in [-0.25, -0.2) is 0 Å². The van der Waals surface area contributed by atoms with Gasteiger partial charge in [0.05, 0.1) is 23.7 Å². The van der Waals surface area contributed by atoms with E-state index in [2.05, 4.69) is 21.6 Å². The van der Waals surface area contributed by atoms with Crippen molar-refractivity contribution in [3.8, 4) is 0 Å². The lowest BCUT2D eigenvalue weighted by Gasteiger charge is -2.26. The summed E-state index contributed by atoms with van der Waals surface area (Å²) in [6, 6.07) is 8.18. The van der Waals surface area contributed by atoms with Crippen molar-refractivity contribution in [1.82, 2.24) is 14.0 Å². The quantitative estimate of drug-likeness (QED) is 0.836. The molecule has 0 amide bonds. The molecule has 2 aromatic rings. The van der Waals surface area contributed by atoms with Gasteiger partial charge in [0, 0.05) is 13.1 Å². The van der Waals surface area contributed by atoms with Crippen LogP contribution in [0.5, 0.6) is 0 Å². The molecule has 1 saturated heterocycles. The van der Waals surface area contributed by atoms with Gasteiger partial charge in [0.2, 0.25) is 5.62 Å². The monoisotopic (exact) mass is 380 g/mol. The number of piperidine rings is 1. The average molecular weight is 381 g/mol. The summed E-state index contributed by atoms with van der Waals surface area (Å²) in [6.45, 7) is 10.8. The van der Waals surface area contributed by atoms with Gasteiger partial charge in [0.25, 0.3) is 0 Å². The molecular formula is C20H33ClN4O. The van der Waals surface area contributed by atoms with Crippen LogP contribution in [0.3, 0.4) is 0 Å². The molecule has 26 heavy (non-hydrogen) atoms. The number of likely N-dealkylation sites (tertiary alicyclic amines) is 1. The summed E-state index contributed by atoms with van der Waals surface area (Å²) in [7, 11) is 0. The number of aliphatic hydroxyl groups is 1. The van der Waals surface area contributed by atoms with Crippen LogP contribution in [0.25, 0.3) is 11.0 Å². The molecule has 5 nitrogen and oxygen atoms in total. The molecule has 1 fully saturated rings. The zero-order chi connectivity index (χ0) is 18.0. The third-order valence-corrected chi connectivity index (χ3v) is 5.42. The lowest BCUT2D eigenvalue weighted by atomic mass is 9.89. The molecule has 0 saturated carbocycles. The Bertz CT molecular complexity index is 768.